The molecule has 0 bridgehead atoms. The molecule has 1 saturated carbocycles. The van der Waals surface area contributed by atoms with Crippen LogP contribution in [0.5, 0.6) is 5.75 Å². The first-order chi connectivity index (χ1) is 18.8. The molecular weight excluding hydrogens is 491 g/mol. The summed E-state index contributed by atoms with van der Waals surface area (Å²) in [5.74, 6) is 1.34. The molecule has 0 saturated heterocycles. The summed E-state index contributed by atoms with van der Waals surface area (Å²) in [5.41, 5.74) is 11.1. The molecule has 1 unspecified atom stereocenters. The number of hydrogen-bond donors (Lipinski definition) is 3. The molecular formula is C31H41FN6O. The van der Waals surface area contributed by atoms with Crippen LogP contribution in [0.3, 0.4) is 0 Å². The molecule has 8 heteroatoms. The monoisotopic (exact) mass is 532 g/mol. The molecule has 1 atom stereocenters. The van der Waals surface area contributed by atoms with Crippen molar-refractivity contribution in [3.05, 3.63) is 53.3 Å². The lowest BCUT2D eigenvalue weighted by atomic mass is 9.75. The van der Waals surface area contributed by atoms with Crippen molar-refractivity contribution in [2.75, 3.05) is 24.7 Å². The maximum Gasteiger partial charge on any atom is 0.222 e. The number of unbranched alkanes of at least 4 members (excludes halogenated alkanes) is 1. The van der Waals surface area contributed by atoms with E-state index in [1.54, 1.807) is 13.2 Å². The Morgan fingerprint density at radius 1 is 1.18 bits per heavy atom. The van der Waals surface area contributed by atoms with Crippen LogP contribution in [0.1, 0.15) is 70.4 Å². The first-order valence-electron chi connectivity index (χ1n) is 14.2. The smallest absolute Gasteiger partial charge is 0.222 e. The summed E-state index contributed by atoms with van der Waals surface area (Å²) in [7, 11) is 1.70. The Kier molecular flexibility index (Phi) is 7.93. The van der Waals surface area contributed by atoms with Crippen LogP contribution >= 0.6 is 0 Å². The van der Waals surface area contributed by atoms with Crippen LogP contribution in [0.2, 0.25) is 0 Å². The van der Waals surface area contributed by atoms with Crippen molar-refractivity contribution in [2.24, 2.45) is 5.41 Å². The molecule has 0 aliphatic heterocycles. The van der Waals surface area contributed by atoms with E-state index in [2.05, 4.69) is 58.1 Å². The fourth-order valence-electron chi connectivity index (χ4n) is 6.01. The maximum atomic E-state index is 14.4. The Balaban J connectivity index is 1.52. The summed E-state index contributed by atoms with van der Waals surface area (Å²) < 4.78 is 22.3. The number of methoxy groups -OCH3 is 1. The van der Waals surface area contributed by atoms with E-state index in [0.29, 0.717) is 34.7 Å². The quantitative estimate of drug-likeness (QED) is 0.199. The van der Waals surface area contributed by atoms with Crippen molar-refractivity contribution >= 4 is 33.7 Å². The van der Waals surface area contributed by atoms with Gasteiger partial charge in [0, 0.05) is 30.1 Å². The van der Waals surface area contributed by atoms with Crippen molar-refractivity contribution in [3.8, 4) is 5.75 Å². The molecule has 1 aliphatic rings. The van der Waals surface area contributed by atoms with Gasteiger partial charge in [-0.25, -0.2) is 9.37 Å². The van der Waals surface area contributed by atoms with Gasteiger partial charge >= 0.3 is 0 Å². The minimum Gasteiger partial charge on any atom is -0.496 e. The van der Waals surface area contributed by atoms with E-state index in [1.165, 1.54) is 43.4 Å². The van der Waals surface area contributed by atoms with E-state index in [1.807, 2.05) is 6.07 Å². The van der Waals surface area contributed by atoms with E-state index in [9.17, 15) is 4.39 Å². The largest absolute Gasteiger partial charge is 0.496 e. The fourth-order valence-corrected chi connectivity index (χ4v) is 6.01. The van der Waals surface area contributed by atoms with Crippen molar-refractivity contribution < 1.29 is 9.13 Å². The van der Waals surface area contributed by atoms with E-state index < -0.39 is 0 Å². The Bertz CT molecular complexity index is 1460. The second-order valence-corrected chi connectivity index (χ2v) is 11.6. The third-order valence-electron chi connectivity index (χ3n) is 7.97. The average molecular weight is 533 g/mol. The van der Waals surface area contributed by atoms with E-state index in [0.717, 1.165) is 48.3 Å². The first kappa shape index (κ1) is 27.2. The highest BCUT2D eigenvalue weighted by Crippen LogP contribution is 2.36. The Hall–Kier alpha value is -3.39. The van der Waals surface area contributed by atoms with Crippen LogP contribution in [0.25, 0.3) is 21.9 Å². The van der Waals surface area contributed by atoms with Crippen LogP contribution in [0, 0.1) is 11.2 Å². The van der Waals surface area contributed by atoms with Crippen molar-refractivity contribution in [2.45, 2.75) is 78.4 Å². The summed E-state index contributed by atoms with van der Waals surface area (Å²) in [4.78, 5) is 9.09. The zero-order valence-electron chi connectivity index (χ0n) is 23.6. The van der Waals surface area contributed by atoms with Crippen LogP contribution in [-0.2, 0) is 13.1 Å². The molecule has 4 N–H and O–H groups in total. The molecule has 1 fully saturated rings. The van der Waals surface area contributed by atoms with Gasteiger partial charge in [-0.1, -0.05) is 39.7 Å². The number of nitrogens with one attached hydrogen (secondary N) is 2. The highest BCUT2D eigenvalue weighted by molar-refractivity contribution is 6.09. The Labute approximate surface area is 230 Å². The topological polar surface area (TPSA) is 90.0 Å². The van der Waals surface area contributed by atoms with Crippen LogP contribution in [-0.4, -0.2) is 34.2 Å². The van der Waals surface area contributed by atoms with Gasteiger partial charge in [0.15, 0.2) is 5.82 Å². The van der Waals surface area contributed by atoms with Gasteiger partial charge in [-0.2, -0.15) is 4.98 Å². The lowest BCUT2D eigenvalue weighted by Gasteiger charge is -2.35. The summed E-state index contributed by atoms with van der Waals surface area (Å²) in [5, 5.41) is 7.96. The second kappa shape index (κ2) is 11.4. The number of halogens is 1. The summed E-state index contributed by atoms with van der Waals surface area (Å²) >= 11 is 0. The van der Waals surface area contributed by atoms with Crippen molar-refractivity contribution in [1.29, 1.82) is 0 Å². The van der Waals surface area contributed by atoms with Crippen LogP contribution in [0.4, 0.5) is 16.2 Å². The molecule has 0 amide bonds. The Morgan fingerprint density at radius 3 is 2.79 bits per heavy atom. The minimum absolute atomic E-state index is 0.168. The van der Waals surface area contributed by atoms with E-state index in [4.69, 9.17) is 10.5 Å². The molecule has 5 rings (SSSR count). The van der Waals surface area contributed by atoms with E-state index >= 15 is 0 Å². The predicted molar refractivity (Wildman–Crippen MR) is 158 cm³/mol. The number of rotatable bonds is 10. The summed E-state index contributed by atoms with van der Waals surface area (Å²) in [6.07, 6.45) is 7.05. The molecule has 208 valence electrons. The standard InChI is InChI=1S/C31H41FN6O/c1-5-6-14-34-29-28-27(36-30(33)37-29)24-16-22(32)10-11-25(24)38(28)19-21-15-20(9-12-26(21)39-4)18-35-23-8-7-13-31(2,3)17-23/h9-12,15-16,23,35H,5-8,13-14,17-19H2,1-4H3,(H3,33,34,36,37). The SMILES string of the molecule is CCCCNc1nc(N)nc2c3cc(F)ccc3n(Cc3cc(CNC4CCCC(C)(C)C4)ccc3OC)c12. The van der Waals surface area contributed by atoms with Gasteiger partial charge < -0.3 is 25.7 Å². The number of aromatic nitrogens is 3. The number of ether oxygens (including phenoxy) is 1. The molecule has 39 heavy (non-hydrogen) atoms. The molecule has 2 aromatic carbocycles. The van der Waals surface area contributed by atoms with Gasteiger partial charge in [0.05, 0.1) is 19.2 Å². The van der Waals surface area contributed by atoms with Gasteiger partial charge in [0.2, 0.25) is 5.95 Å². The zero-order chi connectivity index (χ0) is 27.6. The number of hydrogen-bond acceptors (Lipinski definition) is 6. The van der Waals surface area contributed by atoms with Crippen LogP contribution < -0.4 is 21.1 Å². The zero-order valence-corrected chi connectivity index (χ0v) is 23.6. The van der Waals surface area contributed by atoms with Gasteiger partial charge in [0.1, 0.15) is 22.6 Å². The van der Waals surface area contributed by atoms with E-state index in [-0.39, 0.29) is 11.8 Å². The number of nitrogen functional groups attached to an aromatic ring is 1. The summed E-state index contributed by atoms with van der Waals surface area (Å²) in [6, 6.07) is 11.7. The van der Waals surface area contributed by atoms with Crippen molar-refractivity contribution in [3.63, 3.8) is 0 Å². The lowest BCUT2D eigenvalue weighted by Crippen LogP contribution is -2.36. The fraction of sp³-hybridized carbons (Fsp3) is 0.484. The third kappa shape index (κ3) is 5.96. The molecule has 2 aromatic heterocycles. The first-order valence-corrected chi connectivity index (χ1v) is 14.2. The van der Waals surface area contributed by atoms with Gasteiger partial charge in [-0.15, -0.1) is 0 Å². The molecule has 0 radical (unpaired) electrons. The number of anilines is 2. The number of nitrogens with two attached hydrogens (primary N) is 1. The highest BCUT2D eigenvalue weighted by Gasteiger charge is 2.27. The summed E-state index contributed by atoms with van der Waals surface area (Å²) in [6.45, 7) is 8.97. The third-order valence-corrected chi connectivity index (χ3v) is 7.97. The number of fused-ring (bicyclic) bond motifs is 3. The van der Waals surface area contributed by atoms with Gasteiger partial charge in [0.25, 0.3) is 0 Å². The molecule has 4 aromatic rings. The molecule has 1 aliphatic carbocycles. The Morgan fingerprint density at radius 2 is 2.03 bits per heavy atom. The highest BCUT2D eigenvalue weighted by atomic mass is 19.1. The average Bonchev–Trinajstić information content (AvgIpc) is 3.19. The van der Waals surface area contributed by atoms with Gasteiger partial charge in [-0.3, -0.25) is 0 Å². The lowest BCUT2D eigenvalue weighted by molar-refractivity contribution is 0.198. The number of benzene rings is 2. The maximum absolute atomic E-state index is 14.4. The molecule has 2 heterocycles. The van der Waals surface area contributed by atoms with Crippen molar-refractivity contribution in [1.82, 2.24) is 19.9 Å². The second-order valence-electron chi connectivity index (χ2n) is 11.6. The van der Waals surface area contributed by atoms with Crippen LogP contribution in [0.15, 0.2) is 36.4 Å². The predicted octanol–water partition coefficient (Wildman–Crippen LogP) is 6.63. The number of nitrogens with zero attached hydrogens (tertiary/aromatic N) is 3. The normalized spacial score (nSPS) is 17.1. The van der Waals surface area contributed by atoms with Gasteiger partial charge in [-0.05, 0) is 67.0 Å². The molecule has 7 nitrogen and oxygen atoms in total. The minimum atomic E-state index is -0.309. The molecule has 0 spiro atoms.